The van der Waals surface area contributed by atoms with Gasteiger partial charge in [-0.05, 0) is 37.7 Å². The van der Waals surface area contributed by atoms with E-state index in [0.717, 1.165) is 48.9 Å². The Labute approximate surface area is 156 Å². The van der Waals surface area contributed by atoms with Crippen molar-refractivity contribution in [1.82, 2.24) is 15.3 Å². The molecular weight excluding hydrogens is 354 g/mol. The lowest BCUT2D eigenvalue weighted by Crippen LogP contribution is -2.26. The molecule has 0 atom stereocenters. The zero-order valence-electron chi connectivity index (χ0n) is 14.7. The molecule has 0 aromatic carbocycles. The molecule has 1 amide bonds. The fraction of sp³-hybridized carbons (Fsp3) is 0.611. The van der Waals surface area contributed by atoms with Gasteiger partial charge >= 0.3 is 0 Å². The van der Waals surface area contributed by atoms with Crippen LogP contribution < -0.4 is 10.9 Å². The third-order valence-electron chi connectivity index (χ3n) is 4.50. The number of thiophene rings is 1. The van der Waals surface area contributed by atoms with Gasteiger partial charge in [-0.25, -0.2) is 4.98 Å². The van der Waals surface area contributed by atoms with Crippen molar-refractivity contribution < 1.29 is 4.79 Å². The van der Waals surface area contributed by atoms with Crippen molar-refractivity contribution in [3.05, 3.63) is 20.8 Å². The predicted octanol–water partition coefficient (Wildman–Crippen LogP) is 3.65. The third-order valence-corrected chi connectivity index (χ3v) is 6.55. The van der Waals surface area contributed by atoms with E-state index in [2.05, 4.69) is 22.2 Å². The number of rotatable bonds is 8. The molecule has 0 spiro atoms. The Morgan fingerprint density at radius 2 is 2.12 bits per heavy atom. The second-order valence-electron chi connectivity index (χ2n) is 6.46. The zero-order valence-corrected chi connectivity index (χ0v) is 16.3. The average Bonchev–Trinajstić information content (AvgIpc) is 2.98. The summed E-state index contributed by atoms with van der Waals surface area (Å²) in [6, 6.07) is 0. The number of thioether (sulfide) groups is 1. The predicted molar refractivity (Wildman–Crippen MR) is 105 cm³/mol. The van der Waals surface area contributed by atoms with Crippen LogP contribution in [0, 0.1) is 0 Å². The summed E-state index contributed by atoms with van der Waals surface area (Å²) in [7, 11) is 0. The number of fused-ring (bicyclic) bond motifs is 3. The van der Waals surface area contributed by atoms with Crippen LogP contribution >= 0.6 is 23.1 Å². The SMILES string of the molecule is CCCCCCNC(=O)CSc1nc2sc3c(c2c(=O)[nH]1)CCCC3. The van der Waals surface area contributed by atoms with E-state index >= 15 is 0 Å². The maximum atomic E-state index is 12.4. The summed E-state index contributed by atoms with van der Waals surface area (Å²) in [5.41, 5.74) is 1.13. The smallest absolute Gasteiger partial charge is 0.260 e. The van der Waals surface area contributed by atoms with Gasteiger partial charge in [0, 0.05) is 11.4 Å². The number of nitrogens with one attached hydrogen (secondary N) is 2. The van der Waals surface area contributed by atoms with Crippen LogP contribution in [-0.4, -0.2) is 28.2 Å². The Balaban J connectivity index is 1.59. The summed E-state index contributed by atoms with van der Waals surface area (Å²) >= 11 is 2.94. The molecule has 0 aliphatic heterocycles. The molecule has 136 valence electrons. The number of carbonyl (C=O) groups excluding carboxylic acids is 1. The molecule has 0 unspecified atom stereocenters. The summed E-state index contributed by atoms with van der Waals surface area (Å²) in [5, 5.41) is 4.23. The minimum absolute atomic E-state index is 0.00489. The first kappa shape index (κ1) is 18.5. The van der Waals surface area contributed by atoms with Crippen LogP contribution in [0.2, 0.25) is 0 Å². The molecule has 0 fully saturated rings. The molecule has 25 heavy (non-hydrogen) atoms. The standard InChI is InChI=1S/C18H25N3O2S2/c1-2-3-4-7-10-19-14(22)11-24-18-20-16(23)15-12-8-5-6-9-13(12)25-17(15)21-18/h2-11H2,1H3,(H,19,22)(H,20,21,23). The molecular formula is C18H25N3O2S2. The Bertz CT molecular complexity index is 797. The Morgan fingerprint density at radius 3 is 2.96 bits per heavy atom. The number of aromatic amines is 1. The number of unbranched alkanes of at least 4 members (excludes halogenated alkanes) is 3. The van der Waals surface area contributed by atoms with E-state index in [1.165, 1.54) is 41.5 Å². The van der Waals surface area contributed by atoms with Crippen LogP contribution in [-0.2, 0) is 17.6 Å². The van der Waals surface area contributed by atoms with Gasteiger partial charge in [-0.3, -0.25) is 9.59 Å². The molecule has 0 radical (unpaired) electrons. The Kier molecular flexibility index (Phi) is 6.53. The maximum Gasteiger partial charge on any atom is 0.260 e. The highest BCUT2D eigenvalue weighted by molar-refractivity contribution is 7.99. The second kappa shape index (κ2) is 8.85. The number of aromatic nitrogens is 2. The van der Waals surface area contributed by atoms with Crippen molar-refractivity contribution in [3.63, 3.8) is 0 Å². The highest BCUT2D eigenvalue weighted by Gasteiger charge is 2.20. The zero-order chi connectivity index (χ0) is 17.6. The number of amides is 1. The number of aryl methyl sites for hydroxylation is 2. The van der Waals surface area contributed by atoms with E-state index in [-0.39, 0.29) is 17.2 Å². The van der Waals surface area contributed by atoms with Gasteiger partial charge in [0.25, 0.3) is 5.56 Å². The summed E-state index contributed by atoms with van der Waals surface area (Å²) in [6.45, 7) is 2.89. The molecule has 0 saturated heterocycles. The highest BCUT2D eigenvalue weighted by Crippen LogP contribution is 2.34. The number of carbonyl (C=O) groups is 1. The molecule has 2 aromatic rings. The fourth-order valence-electron chi connectivity index (χ4n) is 3.18. The highest BCUT2D eigenvalue weighted by atomic mass is 32.2. The van der Waals surface area contributed by atoms with Gasteiger partial charge in [-0.2, -0.15) is 0 Å². The van der Waals surface area contributed by atoms with Crippen LogP contribution in [0.1, 0.15) is 55.9 Å². The molecule has 3 rings (SSSR count). The molecule has 1 aliphatic rings. The van der Waals surface area contributed by atoms with Crippen LogP contribution in [0.15, 0.2) is 9.95 Å². The van der Waals surface area contributed by atoms with Crippen molar-refractivity contribution >= 4 is 39.2 Å². The molecule has 2 N–H and O–H groups in total. The van der Waals surface area contributed by atoms with E-state index in [0.29, 0.717) is 5.16 Å². The minimum Gasteiger partial charge on any atom is -0.355 e. The lowest BCUT2D eigenvalue weighted by Gasteiger charge is -2.09. The molecule has 0 bridgehead atoms. The topological polar surface area (TPSA) is 74.8 Å². The van der Waals surface area contributed by atoms with Gasteiger partial charge in [0.1, 0.15) is 4.83 Å². The maximum absolute atomic E-state index is 12.4. The van der Waals surface area contributed by atoms with Crippen molar-refractivity contribution in [1.29, 1.82) is 0 Å². The van der Waals surface area contributed by atoms with E-state index in [4.69, 9.17) is 0 Å². The van der Waals surface area contributed by atoms with E-state index in [1.807, 2.05) is 0 Å². The van der Waals surface area contributed by atoms with E-state index < -0.39 is 0 Å². The summed E-state index contributed by atoms with van der Waals surface area (Å²) in [6.07, 6.45) is 8.94. The second-order valence-corrected chi connectivity index (χ2v) is 8.51. The minimum atomic E-state index is -0.0631. The molecule has 2 heterocycles. The van der Waals surface area contributed by atoms with Crippen LogP contribution in [0.3, 0.4) is 0 Å². The summed E-state index contributed by atoms with van der Waals surface area (Å²) in [5.74, 6) is 0.280. The Hall–Kier alpha value is -1.34. The first-order valence-corrected chi connectivity index (χ1v) is 10.9. The first-order chi connectivity index (χ1) is 12.2. The molecule has 1 aliphatic carbocycles. The van der Waals surface area contributed by atoms with Crippen molar-refractivity contribution in [2.45, 2.75) is 63.4 Å². The Morgan fingerprint density at radius 1 is 1.28 bits per heavy atom. The number of hydrogen-bond donors (Lipinski definition) is 2. The summed E-state index contributed by atoms with van der Waals surface area (Å²) < 4.78 is 0. The van der Waals surface area contributed by atoms with E-state index in [9.17, 15) is 9.59 Å². The lowest BCUT2D eigenvalue weighted by atomic mass is 9.97. The monoisotopic (exact) mass is 379 g/mol. The average molecular weight is 380 g/mol. The number of H-pyrrole nitrogens is 1. The third kappa shape index (κ3) is 4.64. The van der Waals surface area contributed by atoms with Gasteiger partial charge in [-0.15, -0.1) is 11.3 Å². The lowest BCUT2D eigenvalue weighted by molar-refractivity contribution is -0.118. The van der Waals surface area contributed by atoms with Crippen molar-refractivity contribution in [2.24, 2.45) is 0 Å². The molecule has 7 heteroatoms. The van der Waals surface area contributed by atoms with Crippen LogP contribution in [0.4, 0.5) is 0 Å². The largest absolute Gasteiger partial charge is 0.355 e. The van der Waals surface area contributed by atoms with Gasteiger partial charge in [0.15, 0.2) is 5.16 Å². The normalized spacial score (nSPS) is 13.8. The molecule has 0 saturated carbocycles. The number of nitrogens with zero attached hydrogens (tertiary/aromatic N) is 1. The van der Waals surface area contributed by atoms with Gasteiger partial charge in [0.2, 0.25) is 5.91 Å². The first-order valence-electron chi connectivity index (χ1n) is 9.13. The summed E-state index contributed by atoms with van der Waals surface area (Å²) in [4.78, 5) is 33.9. The van der Waals surface area contributed by atoms with Crippen LogP contribution in [0.5, 0.6) is 0 Å². The molecule has 5 nitrogen and oxygen atoms in total. The van der Waals surface area contributed by atoms with Gasteiger partial charge < -0.3 is 10.3 Å². The van der Waals surface area contributed by atoms with Gasteiger partial charge in [0.05, 0.1) is 11.1 Å². The van der Waals surface area contributed by atoms with Crippen molar-refractivity contribution in [3.8, 4) is 0 Å². The quantitative estimate of drug-likeness (QED) is 0.417. The van der Waals surface area contributed by atoms with Crippen LogP contribution in [0.25, 0.3) is 10.2 Å². The van der Waals surface area contributed by atoms with E-state index in [1.54, 1.807) is 11.3 Å². The number of hydrogen-bond acceptors (Lipinski definition) is 5. The van der Waals surface area contributed by atoms with Crippen molar-refractivity contribution in [2.75, 3.05) is 12.3 Å². The fourth-order valence-corrected chi connectivity index (χ4v) is 5.19. The van der Waals surface area contributed by atoms with Gasteiger partial charge in [-0.1, -0.05) is 37.9 Å². The molecule has 2 aromatic heterocycles.